The first-order valence-corrected chi connectivity index (χ1v) is 6.86. The van der Waals surface area contributed by atoms with Gasteiger partial charge in [0.2, 0.25) is 5.95 Å². The molecule has 0 spiro atoms. The number of ether oxygens (including phenoxy) is 1. The van der Waals surface area contributed by atoms with Crippen molar-refractivity contribution >= 4 is 12.0 Å². The molecule has 1 N–H and O–H groups in total. The molecule has 1 atom stereocenters. The van der Waals surface area contributed by atoms with Crippen LogP contribution in [-0.4, -0.2) is 45.7 Å². The van der Waals surface area contributed by atoms with Gasteiger partial charge in [-0.1, -0.05) is 0 Å². The van der Waals surface area contributed by atoms with Gasteiger partial charge < -0.3 is 15.0 Å². The number of carbonyl (C=O) groups is 1. The van der Waals surface area contributed by atoms with Gasteiger partial charge in [0.1, 0.15) is 5.60 Å². The Bertz CT molecular complexity index is 467. The molecule has 1 aliphatic heterocycles. The first-order chi connectivity index (χ1) is 9.33. The van der Waals surface area contributed by atoms with Crippen LogP contribution in [0.4, 0.5) is 10.7 Å². The summed E-state index contributed by atoms with van der Waals surface area (Å²) in [6, 6.07) is 0.172. The molecule has 1 saturated heterocycles. The van der Waals surface area contributed by atoms with Gasteiger partial charge in [-0.3, -0.25) is 0 Å². The lowest BCUT2D eigenvalue weighted by Gasteiger charge is -2.24. The molecule has 20 heavy (non-hydrogen) atoms. The molecule has 0 radical (unpaired) electrons. The molecule has 1 amide bonds. The average Bonchev–Trinajstić information content (AvgIpc) is 2.79. The normalized spacial score (nSPS) is 19.0. The molecule has 110 valence electrons. The van der Waals surface area contributed by atoms with Crippen LogP contribution in [0.15, 0.2) is 12.4 Å². The number of aryl methyl sites for hydroxylation is 1. The Balaban J connectivity index is 1.86. The minimum atomic E-state index is -0.456. The molecule has 6 heteroatoms. The molecule has 6 nitrogen and oxygen atoms in total. The van der Waals surface area contributed by atoms with E-state index >= 15 is 0 Å². The molecule has 1 aromatic rings. The number of hydrogen-bond donors (Lipinski definition) is 1. The van der Waals surface area contributed by atoms with Crippen molar-refractivity contribution in [3.05, 3.63) is 18.0 Å². The number of hydrogen-bond acceptors (Lipinski definition) is 5. The van der Waals surface area contributed by atoms with Crippen molar-refractivity contribution in [2.45, 2.75) is 45.8 Å². The standard InChI is InChI=1S/C14H22N4O2/c1-10-7-15-12(16-8-10)17-11-5-6-18(9-11)13(19)20-14(2,3)4/h7-8,11H,5-6,9H2,1-4H3,(H,15,16,17). The fourth-order valence-electron chi connectivity index (χ4n) is 2.02. The van der Waals surface area contributed by atoms with E-state index in [2.05, 4.69) is 15.3 Å². The average molecular weight is 278 g/mol. The minimum absolute atomic E-state index is 0.172. The molecule has 0 aliphatic carbocycles. The smallest absolute Gasteiger partial charge is 0.410 e. The number of anilines is 1. The number of nitrogens with zero attached hydrogens (tertiary/aromatic N) is 3. The van der Waals surface area contributed by atoms with Crippen molar-refractivity contribution in [1.82, 2.24) is 14.9 Å². The Labute approximate surface area is 119 Å². The molecule has 2 heterocycles. The van der Waals surface area contributed by atoms with Crippen molar-refractivity contribution in [3.8, 4) is 0 Å². The van der Waals surface area contributed by atoms with Crippen LogP contribution in [0.3, 0.4) is 0 Å². The second-order valence-corrected chi connectivity index (χ2v) is 6.14. The first kappa shape index (κ1) is 14.6. The van der Waals surface area contributed by atoms with Gasteiger partial charge in [0.05, 0.1) is 0 Å². The predicted molar refractivity (Wildman–Crippen MR) is 76.6 cm³/mol. The maximum absolute atomic E-state index is 11.9. The summed E-state index contributed by atoms with van der Waals surface area (Å²) >= 11 is 0. The molecular weight excluding hydrogens is 256 g/mol. The van der Waals surface area contributed by atoms with Gasteiger partial charge in [-0.2, -0.15) is 0 Å². The van der Waals surface area contributed by atoms with Gasteiger partial charge in [-0.15, -0.1) is 0 Å². The number of likely N-dealkylation sites (tertiary alicyclic amines) is 1. The third-order valence-corrected chi connectivity index (χ3v) is 2.95. The molecular formula is C14H22N4O2. The molecule has 0 saturated carbocycles. The van der Waals surface area contributed by atoms with Crippen molar-refractivity contribution in [2.24, 2.45) is 0 Å². The Hall–Kier alpha value is -1.85. The highest BCUT2D eigenvalue weighted by Crippen LogP contribution is 2.17. The van der Waals surface area contributed by atoms with E-state index in [1.165, 1.54) is 0 Å². The zero-order valence-electron chi connectivity index (χ0n) is 12.5. The molecule has 1 unspecified atom stereocenters. The van der Waals surface area contributed by atoms with Gasteiger partial charge in [0.15, 0.2) is 0 Å². The van der Waals surface area contributed by atoms with Crippen LogP contribution in [0.2, 0.25) is 0 Å². The topological polar surface area (TPSA) is 67.4 Å². The van der Waals surface area contributed by atoms with Crippen molar-refractivity contribution in [3.63, 3.8) is 0 Å². The largest absolute Gasteiger partial charge is 0.444 e. The molecule has 2 rings (SSSR count). The Morgan fingerprint density at radius 3 is 2.65 bits per heavy atom. The second kappa shape index (κ2) is 5.64. The van der Waals surface area contributed by atoms with E-state index in [1.807, 2.05) is 27.7 Å². The van der Waals surface area contributed by atoms with Gasteiger partial charge in [0, 0.05) is 31.5 Å². The lowest BCUT2D eigenvalue weighted by Crippen LogP contribution is -2.36. The Morgan fingerprint density at radius 2 is 2.05 bits per heavy atom. The van der Waals surface area contributed by atoms with Gasteiger partial charge in [-0.05, 0) is 39.7 Å². The first-order valence-electron chi connectivity index (χ1n) is 6.86. The zero-order chi connectivity index (χ0) is 14.8. The quantitative estimate of drug-likeness (QED) is 0.898. The third-order valence-electron chi connectivity index (χ3n) is 2.95. The summed E-state index contributed by atoms with van der Waals surface area (Å²) in [5.41, 5.74) is 0.570. The van der Waals surface area contributed by atoms with Gasteiger partial charge in [0.25, 0.3) is 0 Å². The highest BCUT2D eigenvalue weighted by Gasteiger charge is 2.29. The van der Waals surface area contributed by atoms with Crippen molar-refractivity contribution < 1.29 is 9.53 Å². The van der Waals surface area contributed by atoms with Crippen LogP contribution in [0.25, 0.3) is 0 Å². The van der Waals surface area contributed by atoms with E-state index in [1.54, 1.807) is 17.3 Å². The van der Waals surface area contributed by atoms with E-state index in [0.717, 1.165) is 12.0 Å². The van der Waals surface area contributed by atoms with Crippen LogP contribution in [0.5, 0.6) is 0 Å². The van der Waals surface area contributed by atoms with Crippen molar-refractivity contribution in [1.29, 1.82) is 0 Å². The predicted octanol–water partition coefficient (Wildman–Crippen LogP) is 2.21. The fraction of sp³-hybridized carbons (Fsp3) is 0.643. The summed E-state index contributed by atoms with van der Waals surface area (Å²) in [6.45, 7) is 8.87. The second-order valence-electron chi connectivity index (χ2n) is 6.14. The summed E-state index contributed by atoms with van der Waals surface area (Å²) in [7, 11) is 0. The van der Waals surface area contributed by atoms with E-state index in [-0.39, 0.29) is 12.1 Å². The maximum atomic E-state index is 11.9. The molecule has 0 aromatic carbocycles. The molecule has 1 fully saturated rings. The highest BCUT2D eigenvalue weighted by molar-refractivity contribution is 5.68. The van der Waals surface area contributed by atoms with Gasteiger partial charge >= 0.3 is 6.09 Å². The van der Waals surface area contributed by atoms with E-state index in [4.69, 9.17) is 4.74 Å². The minimum Gasteiger partial charge on any atom is -0.444 e. The fourth-order valence-corrected chi connectivity index (χ4v) is 2.02. The summed E-state index contributed by atoms with van der Waals surface area (Å²) in [6.07, 6.45) is 4.16. The van der Waals surface area contributed by atoms with Crippen LogP contribution < -0.4 is 5.32 Å². The third kappa shape index (κ3) is 4.08. The number of aromatic nitrogens is 2. The molecule has 1 aliphatic rings. The van der Waals surface area contributed by atoms with E-state index < -0.39 is 5.60 Å². The van der Waals surface area contributed by atoms with Crippen LogP contribution in [0, 0.1) is 6.92 Å². The Kier molecular flexibility index (Phi) is 4.11. The molecule has 0 bridgehead atoms. The monoisotopic (exact) mass is 278 g/mol. The number of nitrogens with one attached hydrogen (secondary N) is 1. The van der Waals surface area contributed by atoms with Crippen LogP contribution in [-0.2, 0) is 4.74 Å². The summed E-state index contributed by atoms with van der Waals surface area (Å²) in [4.78, 5) is 22.1. The SMILES string of the molecule is Cc1cnc(NC2CCN(C(=O)OC(C)(C)C)C2)nc1. The summed E-state index contributed by atoms with van der Waals surface area (Å²) in [5.74, 6) is 0.603. The zero-order valence-corrected chi connectivity index (χ0v) is 12.5. The Morgan fingerprint density at radius 1 is 1.40 bits per heavy atom. The van der Waals surface area contributed by atoms with E-state index in [0.29, 0.717) is 19.0 Å². The lowest BCUT2D eigenvalue weighted by atomic mass is 10.2. The van der Waals surface area contributed by atoms with Crippen molar-refractivity contribution in [2.75, 3.05) is 18.4 Å². The number of amides is 1. The summed E-state index contributed by atoms with van der Waals surface area (Å²) < 4.78 is 5.36. The maximum Gasteiger partial charge on any atom is 0.410 e. The van der Waals surface area contributed by atoms with Gasteiger partial charge in [-0.25, -0.2) is 14.8 Å². The number of carbonyl (C=O) groups excluding carboxylic acids is 1. The molecule has 1 aromatic heterocycles. The lowest BCUT2D eigenvalue weighted by molar-refractivity contribution is 0.0293. The summed E-state index contributed by atoms with van der Waals surface area (Å²) in [5, 5.41) is 3.24. The van der Waals surface area contributed by atoms with Crippen LogP contribution >= 0.6 is 0 Å². The van der Waals surface area contributed by atoms with E-state index in [9.17, 15) is 4.79 Å². The van der Waals surface area contributed by atoms with Crippen LogP contribution in [0.1, 0.15) is 32.8 Å². The number of rotatable bonds is 2. The highest BCUT2D eigenvalue weighted by atomic mass is 16.6.